The lowest BCUT2D eigenvalue weighted by Crippen LogP contribution is -2.49. The Morgan fingerprint density at radius 1 is 1.14 bits per heavy atom. The van der Waals surface area contributed by atoms with Gasteiger partial charge in [0.05, 0.1) is 15.6 Å². The standard InChI is InChI=1S/C20H18BrF3N2O3/c21-16-5-1-4-15(17(16)27)19(29)26-10-2-3-14(11-26)25-18(28)12-6-8-13(9-7-12)20(22,23)24/h1,4-9,14,27H,2-3,10-11H2,(H,25,28). The Hall–Kier alpha value is -2.55. The molecule has 0 aromatic heterocycles. The van der Waals surface area contributed by atoms with Crippen molar-refractivity contribution in [3.63, 3.8) is 0 Å². The summed E-state index contributed by atoms with van der Waals surface area (Å²) in [6, 6.07) is 8.43. The van der Waals surface area contributed by atoms with Crippen molar-refractivity contribution >= 4 is 27.7 Å². The van der Waals surface area contributed by atoms with E-state index in [0.29, 0.717) is 23.9 Å². The fraction of sp³-hybridized carbons (Fsp3) is 0.300. The SMILES string of the molecule is O=C(NC1CCCN(C(=O)c2cccc(Br)c2O)C1)c1ccc(C(F)(F)F)cc1. The number of benzene rings is 2. The summed E-state index contributed by atoms with van der Waals surface area (Å²) in [4.78, 5) is 26.7. The van der Waals surface area contributed by atoms with Gasteiger partial charge < -0.3 is 15.3 Å². The summed E-state index contributed by atoms with van der Waals surface area (Å²) in [7, 11) is 0. The maximum absolute atomic E-state index is 12.7. The van der Waals surface area contributed by atoms with Gasteiger partial charge in [-0.25, -0.2) is 0 Å². The van der Waals surface area contributed by atoms with E-state index in [1.165, 1.54) is 6.07 Å². The molecule has 9 heteroatoms. The summed E-state index contributed by atoms with van der Waals surface area (Å²) in [5, 5.41) is 12.9. The largest absolute Gasteiger partial charge is 0.506 e. The summed E-state index contributed by atoms with van der Waals surface area (Å²) in [6.45, 7) is 0.731. The van der Waals surface area contributed by atoms with Crippen molar-refractivity contribution in [3.05, 3.63) is 63.6 Å². The van der Waals surface area contributed by atoms with Crippen LogP contribution in [0, 0.1) is 0 Å². The monoisotopic (exact) mass is 470 g/mol. The molecule has 5 nitrogen and oxygen atoms in total. The van der Waals surface area contributed by atoms with E-state index in [2.05, 4.69) is 21.2 Å². The minimum atomic E-state index is -4.46. The maximum Gasteiger partial charge on any atom is 0.416 e. The summed E-state index contributed by atoms with van der Waals surface area (Å²) >= 11 is 3.18. The molecule has 0 saturated carbocycles. The first-order valence-electron chi connectivity index (χ1n) is 8.91. The lowest BCUT2D eigenvalue weighted by Gasteiger charge is -2.33. The van der Waals surface area contributed by atoms with E-state index in [0.717, 1.165) is 24.3 Å². The van der Waals surface area contributed by atoms with Crippen molar-refractivity contribution in [1.29, 1.82) is 0 Å². The van der Waals surface area contributed by atoms with Crippen LogP contribution in [0.1, 0.15) is 39.1 Å². The van der Waals surface area contributed by atoms with Gasteiger partial charge in [0.15, 0.2) is 0 Å². The van der Waals surface area contributed by atoms with Crippen molar-refractivity contribution in [2.75, 3.05) is 13.1 Å². The van der Waals surface area contributed by atoms with Crippen LogP contribution in [0.2, 0.25) is 0 Å². The number of carbonyl (C=O) groups is 2. The van der Waals surface area contributed by atoms with E-state index in [-0.39, 0.29) is 35.4 Å². The van der Waals surface area contributed by atoms with Crippen molar-refractivity contribution in [3.8, 4) is 5.75 Å². The maximum atomic E-state index is 12.7. The second-order valence-electron chi connectivity index (χ2n) is 6.77. The van der Waals surface area contributed by atoms with Crippen molar-refractivity contribution < 1.29 is 27.9 Å². The number of carbonyl (C=O) groups excluding carboxylic acids is 2. The minimum absolute atomic E-state index is 0.117. The van der Waals surface area contributed by atoms with Gasteiger partial charge in [-0.3, -0.25) is 9.59 Å². The number of nitrogens with zero attached hydrogens (tertiary/aromatic N) is 1. The highest BCUT2D eigenvalue weighted by Crippen LogP contribution is 2.30. The van der Waals surface area contributed by atoms with E-state index in [1.807, 2.05) is 0 Å². The fourth-order valence-electron chi connectivity index (χ4n) is 3.22. The highest BCUT2D eigenvalue weighted by Gasteiger charge is 2.31. The Bertz CT molecular complexity index is 916. The minimum Gasteiger partial charge on any atom is -0.506 e. The molecule has 2 amide bonds. The van der Waals surface area contributed by atoms with E-state index in [9.17, 15) is 27.9 Å². The molecule has 0 bridgehead atoms. The van der Waals surface area contributed by atoms with Crippen LogP contribution in [-0.4, -0.2) is 41.0 Å². The molecule has 1 atom stereocenters. The number of halogens is 4. The third kappa shape index (κ3) is 4.90. The quantitative estimate of drug-likeness (QED) is 0.705. The summed E-state index contributed by atoms with van der Waals surface area (Å²) < 4.78 is 38.3. The number of nitrogens with one attached hydrogen (secondary N) is 1. The van der Waals surface area contributed by atoms with E-state index < -0.39 is 17.6 Å². The number of alkyl halides is 3. The van der Waals surface area contributed by atoms with E-state index in [4.69, 9.17) is 0 Å². The molecule has 1 aliphatic heterocycles. The molecule has 0 spiro atoms. The third-order valence-electron chi connectivity index (χ3n) is 4.74. The normalized spacial score (nSPS) is 17.1. The van der Waals surface area contributed by atoms with Gasteiger partial charge in [0.1, 0.15) is 5.75 Å². The zero-order chi connectivity index (χ0) is 21.2. The van der Waals surface area contributed by atoms with Crippen molar-refractivity contribution in [2.24, 2.45) is 0 Å². The average Bonchev–Trinajstić information content (AvgIpc) is 2.69. The molecule has 2 aromatic rings. The number of phenols is 1. The molecule has 1 aliphatic rings. The molecular formula is C20H18BrF3N2O3. The van der Waals surface area contributed by atoms with E-state index in [1.54, 1.807) is 17.0 Å². The smallest absolute Gasteiger partial charge is 0.416 e. The zero-order valence-corrected chi connectivity index (χ0v) is 16.8. The number of phenolic OH excluding ortho intramolecular Hbond substituents is 1. The number of hydrogen-bond acceptors (Lipinski definition) is 3. The van der Waals surface area contributed by atoms with Gasteiger partial charge in [-0.05, 0) is 65.2 Å². The molecule has 1 fully saturated rings. The second kappa shape index (κ2) is 8.44. The fourth-order valence-corrected chi connectivity index (χ4v) is 3.58. The molecular weight excluding hydrogens is 453 g/mol. The average molecular weight is 471 g/mol. The molecule has 3 rings (SSSR count). The van der Waals surface area contributed by atoms with Crippen molar-refractivity contribution in [2.45, 2.75) is 25.1 Å². The van der Waals surface area contributed by atoms with Crippen molar-refractivity contribution in [1.82, 2.24) is 10.2 Å². The molecule has 0 radical (unpaired) electrons. The van der Waals surface area contributed by atoms with Crippen LogP contribution in [0.15, 0.2) is 46.9 Å². The molecule has 154 valence electrons. The predicted molar refractivity (Wildman–Crippen MR) is 104 cm³/mol. The zero-order valence-electron chi connectivity index (χ0n) is 15.2. The molecule has 1 heterocycles. The third-order valence-corrected chi connectivity index (χ3v) is 5.38. The predicted octanol–water partition coefficient (Wildman–Crippen LogP) is 4.21. The van der Waals surface area contributed by atoms with Gasteiger partial charge in [0.2, 0.25) is 0 Å². The van der Waals surface area contributed by atoms with Gasteiger partial charge in [-0.2, -0.15) is 13.2 Å². The summed E-state index contributed by atoms with van der Waals surface area (Å²) in [5.74, 6) is -0.992. The number of likely N-dealkylation sites (tertiary alicyclic amines) is 1. The molecule has 2 N–H and O–H groups in total. The second-order valence-corrected chi connectivity index (χ2v) is 7.63. The number of para-hydroxylation sites is 1. The van der Waals surface area contributed by atoms with Crippen LogP contribution in [0.25, 0.3) is 0 Å². The highest BCUT2D eigenvalue weighted by molar-refractivity contribution is 9.10. The van der Waals surface area contributed by atoms with Gasteiger partial charge >= 0.3 is 6.18 Å². The summed E-state index contributed by atoms with van der Waals surface area (Å²) in [6.07, 6.45) is -3.17. The molecule has 29 heavy (non-hydrogen) atoms. The Morgan fingerprint density at radius 3 is 2.48 bits per heavy atom. The Kier molecular flexibility index (Phi) is 6.16. The number of amides is 2. The lowest BCUT2D eigenvalue weighted by atomic mass is 10.0. The molecule has 2 aromatic carbocycles. The molecule has 1 saturated heterocycles. The first-order chi connectivity index (χ1) is 13.7. The Morgan fingerprint density at radius 2 is 1.83 bits per heavy atom. The van der Waals surface area contributed by atoms with Gasteiger partial charge in [0.25, 0.3) is 11.8 Å². The van der Waals surface area contributed by atoms with Crippen LogP contribution in [0.4, 0.5) is 13.2 Å². The Labute approximate surface area is 173 Å². The van der Waals surface area contributed by atoms with Gasteiger partial charge in [0, 0.05) is 24.7 Å². The van der Waals surface area contributed by atoms with Gasteiger partial charge in [-0.15, -0.1) is 0 Å². The first kappa shape index (κ1) is 21.2. The molecule has 0 aliphatic carbocycles. The van der Waals surface area contributed by atoms with Crippen LogP contribution in [0.3, 0.4) is 0 Å². The van der Waals surface area contributed by atoms with Crippen LogP contribution in [-0.2, 0) is 6.18 Å². The molecule has 1 unspecified atom stereocenters. The number of hydrogen-bond donors (Lipinski definition) is 2. The Balaban J connectivity index is 1.65. The first-order valence-corrected chi connectivity index (χ1v) is 9.71. The van der Waals surface area contributed by atoms with Crippen LogP contribution in [0.5, 0.6) is 5.75 Å². The number of aromatic hydroxyl groups is 1. The van der Waals surface area contributed by atoms with E-state index >= 15 is 0 Å². The summed E-state index contributed by atoms with van der Waals surface area (Å²) in [5.41, 5.74) is -0.544. The van der Waals surface area contributed by atoms with Crippen LogP contribution < -0.4 is 5.32 Å². The number of rotatable bonds is 3. The highest BCUT2D eigenvalue weighted by atomic mass is 79.9. The van der Waals surface area contributed by atoms with Gasteiger partial charge in [-0.1, -0.05) is 6.07 Å². The lowest BCUT2D eigenvalue weighted by molar-refractivity contribution is -0.137. The van der Waals surface area contributed by atoms with Crippen LogP contribution >= 0.6 is 15.9 Å². The topological polar surface area (TPSA) is 69.6 Å². The number of piperidine rings is 1.